The highest BCUT2D eigenvalue weighted by atomic mass is 35.5. The van der Waals surface area contributed by atoms with Gasteiger partial charge in [-0.25, -0.2) is 4.98 Å². The van der Waals surface area contributed by atoms with Crippen molar-refractivity contribution >= 4 is 44.2 Å². The molecule has 0 spiro atoms. The molecule has 4 heterocycles. The molecular weight excluding hydrogens is 424 g/mol. The maximum Gasteiger partial charge on any atom is 0.298 e. The van der Waals surface area contributed by atoms with Crippen LogP contribution in [-0.2, 0) is 17.7 Å². The van der Waals surface area contributed by atoms with E-state index in [0.717, 1.165) is 74.7 Å². The van der Waals surface area contributed by atoms with E-state index >= 15 is 0 Å². The second-order valence-electron chi connectivity index (χ2n) is 7.54. The molecule has 0 aliphatic carbocycles. The quantitative estimate of drug-likeness (QED) is 0.579. The standard InChI is InChI=1S/C20H23ClN6O2S/c21-14-4-1-5-15-17(14)22-20(30-15)27(9-3-7-25-10-12-29-13-11-25)19(28)18-24-23-16-6-2-8-26(16)18/h1,4-5H,2-3,6-13H2. The molecule has 0 unspecified atom stereocenters. The number of ether oxygens (including phenoxy) is 1. The Morgan fingerprint density at radius 1 is 1.23 bits per heavy atom. The molecule has 30 heavy (non-hydrogen) atoms. The van der Waals surface area contributed by atoms with E-state index in [1.165, 1.54) is 11.3 Å². The molecule has 1 aromatic carbocycles. The Bertz CT molecular complexity index is 1060. The number of morpholine rings is 1. The highest BCUT2D eigenvalue weighted by Gasteiger charge is 2.29. The number of thiazole rings is 1. The smallest absolute Gasteiger partial charge is 0.298 e. The Hall–Kier alpha value is -2.07. The molecule has 1 fully saturated rings. The summed E-state index contributed by atoms with van der Waals surface area (Å²) in [7, 11) is 0. The summed E-state index contributed by atoms with van der Waals surface area (Å²) in [6.07, 6.45) is 2.71. The van der Waals surface area contributed by atoms with Crippen LogP contribution in [0.3, 0.4) is 0 Å². The lowest BCUT2D eigenvalue weighted by molar-refractivity contribution is 0.0376. The minimum atomic E-state index is -0.146. The number of aromatic nitrogens is 4. The number of nitrogens with zero attached hydrogens (tertiary/aromatic N) is 6. The van der Waals surface area contributed by atoms with E-state index in [9.17, 15) is 4.79 Å². The molecule has 1 saturated heterocycles. The van der Waals surface area contributed by atoms with Crippen molar-refractivity contribution in [3.63, 3.8) is 0 Å². The number of fused-ring (bicyclic) bond motifs is 2. The maximum absolute atomic E-state index is 13.5. The molecule has 10 heteroatoms. The van der Waals surface area contributed by atoms with Gasteiger partial charge in [0.25, 0.3) is 5.91 Å². The molecule has 2 aliphatic heterocycles. The molecule has 3 aromatic rings. The third-order valence-electron chi connectivity index (χ3n) is 5.60. The number of hydrogen-bond acceptors (Lipinski definition) is 7. The lowest BCUT2D eigenvalue weighted by Gasteiger charge is -2.27. The van der Waals surface area contributed by atoms with Crippen LogP contribution in [0.5, 0.6) is 0 Å². The summed E-state index contributed by atoms with van der Waals surface area (Å²) in [5, 5.41) is 9.66. The van der Waals surface area contributed by atoms with Gasteiger partial charge >= 0.3 is 0 Å². The van der Waals surface area contributed by atoms with Gasteiger partial charge in [0.15, 0.2) is 5.13 Å². The van der Waals surface area contributed by atoms with Crippen molar-refractivity contribution in [2.24, 2.45) is 0 Å². The third-order valence-corrected chi connectivity index (χ3v) is 6.94. The van der Waals surface area contributed by atoms with Gasteiger partial charge in [-0.1, -0.05) is 29.0 Å². The molecule has 0 N–H and O–H groups in total. The average Bonchev–Trinajstić information content (AvgIpc) is 3.47. The van der Waals surface area contributed by atoms with Crippen LogP contribution < -0.4 is 4.90 Å². The van der Waals surface area contributed by atoms with Gasteiger partial charge in [0.1, 0.15) is 11.3 Å². The lowest BCUT2D eigenvalue weighted by Crippen LogP contribution is -2.39. The van der Waals surface area contributed by atoms with Crippen molar-refractivity contribution in [3.05, 3.63) is 34.9 Å². The first-order chi connectivity index (χ1) is 14.7. The number of carbonyl (C=O) groups is 1. The zero-order chi connectivity index (χ0) is 20.5. The number of hydrogen-bond donors (Lipinski definition) is 0. The van der Waals surface area contributed by atoms with Crippen LogP contribution in [0.4, 0.5) is 5.13 Å². The van der Waals surface area contributed by atoms with Crippen LogP contribution in [0.25, 0.3) is 10.2 Å². The zero-order valence-corrected chi connectivity index (χ0v) is 18.2. The van der Waals surface area contributed by atoms with Crippen LogP contribution in [0, 0.1) is 0 Å². The monoisotopic (exact) mass is 446 g/mol. The van der Waals surface area contributed by atoms with Gasteiger partial charge in [0.05, 0.1) is 22.9 Å². The minimum Gasteiger partial charge on any atom is -0.379 e. The van der Waals surface area contributed by atoms with E-state index in [4.69, 9.17) is 21.3 Å². The van der Waals surface area contributed by atoms with Gasteiger partial charge in [-0.3, -0.25) is 14.6 Å². The summed E-state index contributed by atoms with van der Waals surface area (Å²) in [5.41, 5.74) is 0.733. The molecule has 2 aliphatic rings. The van der Waals surface area contributed by atoms with E-state index in [-0.39, 0.29) is 5.91 Å². The fourth-order valence-electron chi connectivity index (χ4n) is 4.01. The van der Waals surface area contributed by atoms with E-state index in [1.54, 1.807) is 4.90 Å². The van der Waals surface area contributed by atoms with Crippen LogP contribution in [0.15, 0.2) is 18.2 Å². The SMILES string of the molecule is O=C(c1nnc2n1CCC2)N(CCCN1CCOCC1)c1nc2c(Cl)cccc2s1. The molecule has 8 nitrogen and oxygen atoms in total. The highest BCUT2D eigenvalue weighted by molar-refractivity contribution is 7.22. The maximum atomic E-state index is 13.5. The van der Waals surface area contributed by atoms with Gasteiger partial charge in [0.2, 0.25) is 5.82 Å². The molecule has 5 rings (SSSR count). The third kappa shape index (κ3) is 3.82. The molecule has 0 saturated carbocycles. The Morgan fingerprint density at radius 3 is 2.93 bits per heavy atom. The first kappa shape index (κ1) is 19.9. The first-order valence-corrected chi connectivity index (χ1v) is 11.5. The Labute approximate surface area is 183 Å². The minimum absolute atomic E-state index is 0.146. The normalized spacial score (nSPS) is 16.8. The van der Waals surface area contributed by atoms with Crippen molar-refractivity contribution in [3.8, 4) is 0 Å². The number of halogens is 1. The lowest BCUT2D eigenvalue weighted by atomic mass is 10.3. The Morgan fingerprint density at radius 2 is 2.10 bits per heavy atom. The molecule has 158 valence electrons. The number of para-hydroxylation sites is 1. The summed E-state index contributed by atoms with van der Waals surface area (Å²) < 4.78 is 8.34. The molecule has 0 bridgehead atoms. The van der Waals surface area contributed by atoms with Crippen molar-refractivity contribution < 1.29 is 9.53 Å². The van der Waals surface area contributed by atoms with Crippen molar-refractivity contribution in [1.29, 1.82) is 0 Å². The summed E-state index contributed by atoms with van der Waals surface area (Å²) in [6, 6.07) is 5.71. The van der Waals surface area contributed by atoms with Gasteiger partial charge in [-0.15, -0.1) is 10.2 Å². The number of amides is 1. The Kier molecular flexibility index (Phi) is 5.68. The molecule has 0 radical (unpaired) electrons. The largest absolute Gasteiger partial charge is 0.379 e. The highest BCUT2D eigenvalue weighted by Crippen LogP contribution is 2.33. The van der Waals surface area contributed by atoms with E-state index in [0.29, 0.717) is 22.5 Å². The van der Waals surface area contributed by atoms with Crippen molar-refractivity contribution in [2.75, 3.05) is 44.3 Å². The second-order valence-corrected chi connectivity index (χ2v) is 8.96. The summed E-state index contributed by atoms with van der Waals surface area (Å²) in [5.74, 6) is 1.14. The van der Waals surface area contributed by atoms with Crippen LogP contribution in [0.1, 0.15) is 29.3 Å². The van der Waals surface area contributed by atoms with E-state index in [1.807, 2.05) is 22.8 Å². The predicted octanol–water partition coefficient (Wildman–Crippen LogP) is 2.86. The summed E-state index contributed by atoms with van der Waals surface area (Å²) in [4.78, 5) is 22.3. The average molecular weight is 447 g/mol. The molecule has 0 atom stereocenters. The van der Waals surface area contributed by atoms with Gasteiger partial charge in [-0.05, 0) is 25.0 Å². The van der Waals surface area contributed by atoms with Gasteiger partial charge in [0, 0.05) is 39.1 Å². The number of benzene rings is 1. The number of carbonyl (C=O) groups excluding carboxylic acids is 1. The van der Waals surface area contributed by atoms with Crippen LogP contribution in [0.2, 0.25) is 5.02 Å². The van der Waals surface area contributed by atoms with Gasteiger partial charge in [-0.2, -0.15) is 0 Å². The molecule has 2 aromatic heterocycles. The van der Waals surface area contributed by atoms with Crippen molar-refractivity contribution in [2.45, 2.75) is 25.8 Å². The van der Waals surface area contributed by atoms with Crippen molar-refractivity contribution in [1.82, 2.24) is 24.6 Å². The fraction of sp³-hybridized carbons (Fsp3) is 0.500. The molecule has 1 amide bonds. The zero-order valence-electron chi connectivity index (χ0n) is 16.6. The van der Waals surface area contributed by atoms with E-state index < -0.39 is 0 Å². The van der Waals surface area contributed by atoms with Crippen LogP contribution in [-0.4, -0.2) is 69.9 Å². The predicted molar refractivity (Wildman–Crippen MR) is 117 cm³/mol. The number of rotatable bonds is 6. The number of anilines is 1. The first-order valence-electron chi connectivity index (χ1n) is 10.3. The Balaban J connectivity index is 1.41. The fourth-order valence-corrected chi connectivity index (χ4v) is 5.30. The molecular formula is C20H23ClN6O2S. The number of aryl methyl sites for hydroxylation is 1. The van der Waals surface area contributed by atoms with E-state index in [2.05, 4.69) is 15.1 Å². The van der Waals surface area contributed by atoms with Crippen LogP contribution >= 0.6 is 22.9 Å². The summed E-state index contributed by atoms with van der Waals surface area (Å²) in [6.45, 7) is 5.67. The van der Waals surface area contributed by atoms with Gasteiger partial charge < -0.3 is 9.30 Å². The topological polar surface area (TPSA) is 76.4 Å². The second kappa shape index (κ2) is 8.58. The summed E-state index contributed by atoms with van der Waals surface area (Å²) >= 11 is 7.82.